The van der Waals surface area contributed by atoms with Gasteiger partial charge in [-0.25, -0.2) is 4.98 Å². The molecule has 0 unspecified atom stereocenters. The van der Waals surface area contributed by atoms with Gasteiger partial charge in [-0.1, -0.05) is 23.2 Å². The molecule has 1 aromatic heterocycles. The minimum atomic E-state index is -0.829. The van der Waals surface area contributed by atoms with E-state index in [0.717, 1.165) is 0 Å². The molecule has 134 valence electrons. The van der Waals surface area contributed by atoms with Gasteiger partial charge < -0.3 is 14.2 Å². The Kier molecular flexibility index (Phi) is 5.24. The van der Waals surface area contributed by atoms with Crippen LogP contribution >= 0.6 is 39.1 Å². The largest absolute Gasteiger partial charge is 0.456 e. The van der Waals surface area contributed by atoms with Gasteiger partial charge in [0.25, 0.3) is 0 Å². The Morgan fingerprint density at radius 3 is 2.52 bits per heavy atom. The predicted octanol–water partition coefficient (Wildman–Crippen LogP) is 3.50. The SMILES string of the molecule is CC(=O)O[C@H]1[C@H](n2c(Br)nc3cc(Cl)c(Cl)cc32)OC[C@H]1OC(C)=O. The molecular formula is C15H13BrCl2N2O5. The molecule has 1 aromatic carbocycles. The number of nitrogens with zero attached hydrogens (tertiary/aromatic N) is 2. The Hall–Kier alpha value is -1.35. The van der Waals surface area contributed by atoms with Gasteiger partial charge in [0.15, 0.2) is 23.2 Å². The minimum absolute atomic E-state index is 0.0790. The zero-order valence-electron chi connectivity index (χ0n) is 13.2. The average molecular weight is 452 g/mol. The van der Waals surface area contributed by atoms with Gasteiger partial charge in [0.1, 0.15) is 0 Å². The Labute approximate surface area is 161 Å². The number of rotatable bonds is 3. The first kappa shape index (κ1) is 18.4. The van der Waals surface area contributed by atoms with Gasteiger partial charge in [-0.3, -0.25) is 14.2 Å². The highest BCUT2D eigenvalue weighted by molar-refractivity contribution is 9.10. The summed E-state index contributed by atoms with van der Waals surface area (Å²) in [6.07, 6.45) is -2.30. The number of hydrogen-bond acceptors (Lipinski definition) is 6. The van der Waals surface area contributed by atoms with Gasteiger partial charge in [-0.2, -0.15) is 0 Å². The highest BCUT2D eigenvalue weighted by Crippen LogP contribution is 2.37. The van der Waals surface area contributed by atoms with Crippen molar-refractivity contribution in [3.63, 3.8) is 0 Å². The summed E-state index contributed by atoms with van der Waals surface area (Å²) in [7, 11) is 0. The van der Waals surface area contributed by atoms with Crippen LogP contribution in [0.2, 0.25) is 10.0 Å². The first-order valence-corrected chi connectivity index (χ1v) is 8.81. The van der Waals surface area contributed by atoms with E-state index in [2.05, 4.69) is 20.9 Å². The van der Waals surface area contributed by atoms with E-state index in [0.29, 0.717) is 25.8 Å². The number of esters is 2. The summed E-state index contributed by atoms with van der Waals surface area (Å²) >= 11 is 15.5. The lowest BCUT2D eigenvalue weighted by Crippen LogP contribution is -2.36. The Bertz CT molecular complexity index is 856. The molecule has 10 heteroatoms. The van der Waals surface area contributed by atoms with Crippen LogP contribution in [-0.2, 0) is 23.8 Å². The molecule has 2 aromatic rings. The lowest BCUT2D eigenvalue weighted by atomic mass is 10.2. The van der Waals surface area contributed by atoms with E-state index in [9.17, 15) is 9.59 Å². The van der Waals surface area contributed by atoms with Crippen molar-refractivity contribution in [2.75, 3.05) is 6.61 Å². The fourth-order valence-electron chi connectivity index (χ4n) is 2.73. The maximum absolute atomic E-state index is 11.5. The summed E-state index contributed by atoms with van der Waals surface area (Å²) in [5.41, 5.74) is 1.22. The maximum atomic E-state index is 11.5. The minimum Gasteiger partial charge on any atom is -0.456 e. The second-order valence-electron chi connectivity index (χ2n) is 5.45. The number of carbonyl (C=O) groups is 2. The van der Waals surface area contributed by atoms with Crippen LogP contribution in [0.25, 0.3) is 11.0 Å². The van der Waals surface area contributed by atoms with Gasteiger partial charge in [-0.05, 0) is 28.1 Å². The van der Waals surface area contributed by atoms with Crippen LogP contribution in [-0.4, -0.2) is 40.3 Å². The van der Waals surface area contributed by atoms with Gasteiger partial charge in [-0.15, -0.1) is 0 Å². The number of fused-ring (bicyclic) bond motifs is 1. The van der Waals surface area contributed by atoms with Crippen molar-refractivity contribution in [1.82, 2.24) is 9.55 Å². The van der Waals surface area contributed by atoms with Crippen molar-refractivity contribution < 1.29 is 23.8 Å². The molecular weight excluding hydrogens is 439 g/mol. The van der Waals surface area contributed by atoms with Crippen LogP contribution in [0.1, 0.15) is 20.1 Å². The summed E-state index contributed by atoms with van der Waals surface area (Å²) in [6.45, 7) is 2.63. The van der Waals surface area contributed by atoms with E-state index in [1.165, 1.54) is 13.8 Å². The van der Waals surface area contributed by atoms with Crippen molar-refractivity contribution in [2.45, 2.75) is 32.3 Å². The molecule has 0 aliphatic carbocycles. The number of benzene rings is 1. The second-order valence-corrected chi connectivity index (χ2v) is 6.98. The van der Waals surface area contributed by atoms with Gasteiger partial charge in [0, 0.05) is 13.8 Å². The Morgan fingerprint density at radius 1 is 1.24 bits per heavy atom. The van der Waals surface area contributed by atoms with Crippen molar-refractivity contribution in [3.8, 4) is 0 Å². The highest BCUT2D eigenvalue weighted by atomic mass is 79.9. The molecule has 0 radical (unpaired) electrons. The highest BCUT2D eigenvalue weighted by Gasteiger charge is 2.44. The van der Waals surface area contributed by atoms with Gasteiger partial charge >= 0.3 is 11.9 Å². The molecule has 1 fully saturated rings. The summed E-state index contributed by atoms with van der Waals surface area (Å²) < 4.78 is 18.4. The van der Waals surface area contributed by atoms with E-state index in [1.807, 2.05) is 0 Å². The zero-order valence-corrected chi connectivity index (χ0v) is 16.3. The van der Waals surface area contributed by atoms with Crippen molar-refractivity contribution in [3.05, 3.63) is 26.9 Å². The molecule has 1 aliphatic rings. The molecule has 7 nitrogen and oxygen atoms in total. The van der Waals surface area contributed by atoms with Crippen LogP contribution in [0.3, 0.4) is 0 Å². The van der Waals surface area contributed by atoms with Crippen molar-refractivity contribution in [1.29, 1.82) is 0 Å². The summed E-state index contributed by atoms with van der Waals surface area (Å²) in [5, 5.41) is 0.717. The summed E-state index contributed by atoms with van der Waals surface area (Å²) in [4.78, 5) is 27.2. The maximum Gasteiger partial charge on any atom is 0.303 e. The summed E-state index contributed by atoms with van der Waals surface area (Å²) in [6, 6.07) is 3.27. The van der Waals surface area contributed by atoms with Crippen LogP contribution in [0.5, 0.6) is 0 Å². The number of halogens is 3. The molecule has 0 N–H and O–H groups in total. The number of aromatic nitrogens is 2. The number of imidazole rings is 1. The molecule has 25 heavy (non-hydrogen) atoms. The third-order valence-corrected chi connectivity index (χ3v) is 4.92. The average Bonchev–Trinajstić information content (AvgIpc) is 3.00. The smallest absolute Gasteiger partial charge is 0.303 e. The molecule has 0 spiro atoms. The molecule has 0 bridgehead atoms. The van der Waals surface area contributed by atoms with Crippen molar-refractivity contribution in [2.24, 2.45) is 0 Å². The van der Waals surface area contributed by atoms with Gasteiger partial charge in [0.2, 0.25) is 0 Å². The first-order valence-electron chi connectivity index (χ1n) is 7.26. The zero-order chi connectivity index (χ0) is 18.3. The summed E-state index contributed by atoms with van der Waals surface area (Å²) in [5.74, 6) is -1.00. The Balaban J connectivity index is 2.06. The Morgan fingerprint density at radius 2 is 1.88 bits per heavy atom. The first-order chi connectivity index (χ1) is 11.8. The van der Waals surface area contributed by atoms with Gasteiger partial charge in [0.05, 0.1) is 27.7 Å². The van der Waals surface area contributed by atoms with E-state index in [1.54, 1.807) is 16.7 Å². The fraction of sp³-hybridized carbons (Fsp3) is 0.400. The topological polar surface area (TPSA) is 79.7 Å². The van der Waals surface area contributed by atoms with E-state index in [4.69, 9.17) is 37.4 Å². The van der Waals surface area contributed by atoms with E-state index in [-0.39, 0.29) is 6.61 Å². The van der Waals surface area contributed by atoms with E-state index >= 15 is 0 Å². The number of hydrogen-bond donors (Lipinski definition) is 0. The molecule has 1 aliphatic heterocycles. The number of carbonyl (C=O) groups excluding carboxylic acids is 2. The van der Waals surface area contributed by atoms with Crippen LogP contribution < -0.4 is 0 Å². The third-order valence-electron chi connectivity index (χ3n) is 3.64. The molecule has 1 saturated heterocycles. The normalized spacial score (nSPS) is 23.0. The van der Waals surface area contributed by atoms with Crippen LogP contribution in [0.4, 0.5) is 0 Å². The molecule has 3 rings (SSSR count). The predicted molar refractivity (Wildman–Crippen MR) is 93.6 cm³/mol. The van der Waals surface area contributed by atoms with Crippen LogP contribution in [0, 0.1) is 0 Å². The third kappa shape index (κ3) is 3.62. The fourth-order valence-corrected chi connectivity index (χ4v) is 3.63. The van der Waals surface area contributed by atoms with Crippen molar-refractivity contribution >= 4 is 62.1 Å². The quantitative estimate of drug-likeness (QED) is 0.664. The molecule has 2 heterocycles. The van der Waals surface area contributed by atoms with E-state index < -0.39 is 30.4 Å². The molecule has 3 atom stereocenters. The van der Waals surface area contributed by atoms with Crippen LogP contribution in [0.15, 0.2) is 16.9 Å². The monoisotopic (exact) mass is 450 g/mol. The standard InChI is InChI=1S/C15H13BrCl2N2O5/c1-6(21)24-12-5-23-14(13(12)25-7(2)22)20-11-4-9(18)8(17)3-10(11)19-15(20)16/h3-4,12-14H,5H2,1-2H3/t12-,13-,14-/m1/s1. The second kappa shape index (κ2) is 7.11. The molecule has 0 saturated carbocycles. The molecule has 0 amide bonds. The number of ether oxygens (including phenoxy) is 3. The lowest BCUT2D eigenvalue weighted by molar-refractivity contribution is -0.164. The lowest BCUT2D eigenvalue weighted by Gasteiger charge is -2.24.